The topological polar surface area (TPSA) is 108 Å². The Hall–Kier alpha value is -3.43. The molecular weight excluding hydrogens is 388 g/mol. The van der Waals surface area contributed by atoms with Crippen LogP contribution < -0.4 is 9.47 Å². The number of likely N-dealkylation sites (tertiary alicyclic amines) is 1. The maximum Gasteiger partial charge on any atom is 0.280 e. The molecule has 0 aliphatic carbocycles. The fourth-order valence-electron chi connectivity index (χ4n) is 3.69. The summed E-state index contributed by atoms with van der Waals surface area (Å²) in [6.07, 6.45) is 3.60. The summed E-state index contributed by atoms with van der Waals surface area (Å²) in [4.78, 5) is 19.2. The van der Waals surface area contributed by atoms with Gasteiger partial charge in [0.05, 0.1) is 12.2 Å². The molecule has 0 saturated carbocycles. The Morgan fingerprint density at radius 2 is 2.10 bits per heavy atom. The van der Waals surface area contributed by atoms with E-state index in [4.69, 9.17) is 14.0 Å². The number of hydrogen-bond donors (Lipinski definition) is 0. The molecule has 156 valence electrons. The molecule has 4 heterocycles. The summed E-state index contributed by atoms with van der Waals surface area (Å²) in [5, 5.41) is 12.4. The number of amides is 1. The summed E-state index contributed by atoms with van der Waals surface area (Å²) in [7, 11) is 0. The predicted molar refractivity (Wildman–Crippen MR) is 104 cm³/mol. The number of piperidine rings is 1. The van der Waals surface area contributed by atoms with Crippen molar-refractivity contribution in [3.8, 4) is 23.1 Å². The van der Waals surface area contributed by atoms with Gasteiger partial charge in [0.2, 0.25) is 6.79 Å². The molecule has 1 aromatic carbocycles. The maximum atomic E-state index is 13.0. The van der Waals surface area contributed by atoms with Gasteiger partial charge in [-0.2, -0.15) is 4.98 Å². The Bertz CT molecular complexity index is 1070. The molecule has 0 bridgehead atoms. The molecule has 1 amide bonds. The number of carbonyl (C=O) groups excluding carboxylic acids is 1. The standard InChI is InChI=1S/C20H22N6O4/c1-12(2)18-21-19(30-23-18)15-10-26(24-22-15)14-4-3-7-25(9-14)20(27)13-5-6-16-17(8-13)29-11-28-16/h5-6,8,10,12,14H,3-4,7,9,11H2,1-2H3. The van der Waals surface area contributed by atoms with Gasteiger partial charge in [0.15, 0.2) is 23.0 Å². The van der Waals surface area contributed by atoms with Crippen molar-refractivity contribution >= 4 is 5.91 Å². The van der Waals surface area contributed by atoms with Crippen LogP contribution in [0.2, 0.25) is 0 Å². The molecule has 2 aliphatic rings. The van der Waals surface area contributed by atoms with Crippen molar-refractivity contribution in [2.24, 2.45) is 0 Å². The summed E-state index contributed by atoms with van der Waals surface area (Å²) in [5.74, 6) is 2.41. The molecule has 0 spiro atoms. The molecule has 0 N–H and O–H groups in total. The lowest BCUT2D eigenvalue weighted by molar-refractivity contribution is 0.0671. The number of carbonyl (C=O) groups is 1. The molecule has 3 aromatic rings. The third-order valence-corrected chi connectivity index (χ3v) is 5.36. The van der Waals surface area contributed by atoms with E-state index < -0.39 is 0 Å². The summed E-state index contributed by atoms with van der Waals surface area (Å²) in [6.45, 7) is 5.44. The number of hydrogen-bond acceptors (Lipinski definition) is 8. The zero-order valence-electron chi connectivity index (χ0n) is 16.8. The second kappa shape index (κ2) is 7.43. The number of aromatic nitrogens is 5. The minimum absolute atomic E-state index is 0.0307. The van der Waals surface area contributed by atoms with Crippen molar-refractivity contribution in [2.45, 2.75) is 38.6 Å². The summed E-state index contributed by atoms with van der Waals surface area (Å²) < 4.78 is 17.8. The minimum Gasteiger partial charge on any atom is -0.454 e. The molecule has 0 radical (unpaired) electrons. The third kappa shape index (κ3) is 3.38. The van der Waals surface area contributed by atoms with Gasteiger partial charge in [-0.05, 0) is 31.0 Å². The van der Waals surface area contributed by atoms with Crippen LogP contribution in [0.4, 0.5) is 0 Å². The fraction of sp³-hybridized carbons (Fsp3) is 0.450. The van der Waals surface area contributed by atoms with Crippen LogP contribution in [0.25, 0.3) is 11.6 Å². The van der Waals surface area contributed by atoms with Crippen LogP contribution in [0.1, 0.15) is 54.8 Å². The Morgan fingerprint density at radius 3 is 2.93 bits per heavy atom. The first-order chi connectivity index (χ1) is 14.6. The summed E-state index contributed by atoms with van der Waals surface area (Å²) in [6, 6.07) is 5.32. The highest BCUT2D eigenvalue weighted by molar-refractivity contribution is 5.95. The number of rotatable bonds is 4. The molecule has 2 aliphatic heterocycles. The SMILES string of the molecule is CC(C)c1noc(-c2cn(C3CCCN(C(=O)c4ccc5c(c4)OCO5)C3)nn2)n1. The van der Waals surface area contributed by atoms with E-state index >= 15 is 0 Å². The van der Waals surface area contributed by atoms with Crippen molar-refractivity contribution in [1.82, 2.24) is 30.0 Å². The number of ether oxygens (including phenoxy) is 2. The van der Waals surface area contributed by atoms with Gasteiger partial charge in [-0.1, -0.05) is 24.2 Å². The molecule has 2 aromatic heterocycles. The first-order valence-electron chi connectivity index (χ1n) is 10.0. The van der Waals surface area contributed by atoms with Gasteiger partial charge in [0.1, 0.15) is 0 Å². The van der Waals surface area contributed by atoms with Gasteiger partial charge in [0.25, 0.3) is 11.8 Å². The first kappa shape index (κ1) is 18.6. The Labute approximate surface area is 172 Å². The average Bonchev–Trinajstić information content (AvgIpc) is 3.52. The van der Waals surface area contributed by atoms with E-state index in [1.807, 2.05) is 18.7 Å². The second-order valence-corrected chi connectivity index (χ2v) is 7.81. The zero-order valence-corrected chi connectivity index (χ0v) is 16.8. The highest BCUT2D eigenvalue weighted by Crippen LogP contribution is 2.33. The zero-order chi connectivity index (χ0) is 20.7. The number of benzene rings is 1. The third-order valence-electron chi connectivity index (χ3n) is 5.36. The lowest BCUT2D eigenvalue weighted by Gasteiger charge is -2.32. The number of nitrogens with zero attached hydrogens (tertiary/aromatic N) is 6. The maximum absolute atomic E-state index is 13.0. The van der Waals surface area contributed by atoms with Crippen LogP contribution in [-0.4, -0.2) is 55.8 Å². The largest absolute Gasteiger partial charge is 0.454 e. The monoisotopic (exact) mass is 410 g/mol. The van der Waals surface area contributed by atoms with Gasteiger partial charge in [-0.15, -0.1) is 5.10 Å². The van der Waals surface area contributed by atoms with Gasteiger partial charge in [-0.3, -0.25) is 4.79 Å². The van der Waals surface area contributed by atoms with Crippen LogP contribution in [0.5, 0.6) is 11.5 Å². The normalized spacial score (nSPS) is 18.2. The van der Waals surface area contributed by atoms with Crippen molar-refractivity contribution < 1.29 is 18.8 Å². The van der Waals surface area contributed by atoms with Crippen LogP contribution in [-0.2, 0) is 0 Å². The smallest absolute Gasteiger partial charge is 0.280 e. The quantitative estimate of drug-likeness (QED) is 0.646. The van der Waals surface area contributed by atoms with E-state index in [0.29, 0.717) is 47.6 Å². The average molecular weight is 410 g/mol. The van der Waals surface area contributed by atoms with Gasteiger partial charge >= 0.3 is 0 Å². The highest BCUT2D eigenvalue weighted by Gasteiger charge is 2.28. The van der Waals surface area contributed by atoms with Gasteiger partial charge in [-0.25, -0.2) is 4.68 Å². The molecule has 1 unspecified atom stereocenters. The van der Waals surface area contributed by atoms with Crippen LogP contribution in [0.3, 0.4) is 0 Å². The van der Waals surface area contributed by atoms with Crippen molar-refractivity contribution in [3.05, 3.63) is 35.8 Å². The van der Waals surface area contributed by atoms with E-state index in [1.54, 1.807) is 29.1 Å². The lowest BCUT2D eigenvalue weighted by Crippen LogP contribution is -2.40. The fourth-order valence-corrected chi connectivity index (χ4v) is 3.69. The first-order valence-corrected chi connectivity index (χ1v) is 10.0. The Kier molecular flexibility index (Phi) is 4.61. The van der Waals surface area contributed by atoms with Gasteiger partial charge in [0, 0.05) is 24.6 Å². The van der Waals surface area contributed by atoms with Crippen LogP contribution in [0, 0.1) is 0 Å². The molecule has 10 nitrogen and oxygen atoms in total. The van der Waals surface area contributed by atoms with Crippen molar-refractivity contribution in [2.75, 3.05) is 19.9 Å². The van der Waals surface area contributed by atoms with Gasteiger partial charge < -0.3 is 18.9 Å². The van der Waals surface area contributed by atoms with E-state index in [2.05, 4.69) is 20.5 Å². The predicted octanol–water partition coefficient (Wildman–Crippen LogP) is 2.66. The highest BCUT2D eigenvalue weighted by atomic mass is 16.7. The van der Waals surface area contributed by atoms with Crippen LogP contribution in [0.15, 0.2) is 28.9 Å². The van der Waals surface area contributed by atoms with Crippen molar-refractivity contribution in [1.29, 1.82) is 0 Å². The summed E-state index contributed by atoms with van der Waals surface area (Å²) >= 11 is 0. The Morgan fingerprint density at radius 1 is 1.23 bits per heavy atom. The molecule has 1 saturated heterocycles. The minimum atomic E-state index is -0.0307. The van der Waals surface area contributed by atoms with E-state index in [9.17, 15) is 4.79 Å². The molecule has 5 rings (SSSR count). The van der Waals surface area contributed by atoms with E-state index in [0.717, 1.165) is 12.8 Å². The molecule has 1 fully saturated rings. The summed E-state index contributed by atoms with van der Waals surface area (Å²) in [5.41, 5.74) is 1.12. The molecule has 30 heavy (non-hydrogen) atoms. The van der Waals surface area contributed by atoms with Crippen LogP contribution >= 0.6 is 0 Å². The number of fused-ring (bicyclic) bond motifs is 1. The van der Waals surface area contributed by atoms with E-state index in [1.165, 1.54) is 0 Å². The Balaban J connectivity index is 1.31. The second-order valence-electron chi connectivity index (χ2n) is 7.81. The lowest BCUT2D eigenvalue weighted by atomic mass is 10.0. The molecular formula is C20H22N6O4. The van der Waals surface area contributed by atoms with E-state index in [-0.39, 0.29) is 24.7 Å². The molecule has 10 heteroatoms. The van der Waals surface area contributed by atoms with Crippen molar-refractivity contribution in [3.63, 3.8) is 0 Å². The molecule has 1 atom stereocenters.